The minimum Gasteiger partial charge on any atom is -0.304 e. The minimum absolute atomic E-state index is 1.03. The van der Waals surface area contributed by atoms with Crippen molar-refractivity contribution in [1.82, 2.24) is 0 Å². The zero-order valence-electron chi connectivity index (χ0n) is 2.34. The summed E-state index contributed by atoms with van der Waals surface area (Å²) in [5.74, 6) is 0. The molecule has 1 aliphatic heterocycles. The smallest absolute Gasteiger partial charge is 0.304 e. The summed E-state index contributed by atoms with van der Waals surface area (Å²) in [7, 11) is -3.81. The van der Waals surface area contributed by atoms with Crippen LogP contribution in [0.2, 0.25) is 0 Å². The van der Waals surface area contributed by atoms with Crippen molar-refractivity contribution >= 4 is 18.5 Å². The van der Waals surface area contributed by atoms with E-state index in [2.05, 4.69) is 3.87 Å². The van der Waals surface area contributed by atoms with E-state index >= 15 is 0 Å². The van der Waals surface area contributed by atoms with Crippen LogP contribution in [0.4, 0.5) is 0 Å². The molecule has 0 bridgehead atoms. The van der Waals surface area contributed by atoms with E-state index in [1.807, 2.05) is 0 Å². The van der Waals surface area contributed by atoms with Gasteiger partial charge in [0.05, 0.1) is 0 Å². The zero-order chi connectivity index (χ0) is 3.91. The van der Waals surface area contributed by atoms with Gasteiger partial charge in [0.2, 0.25) is 9.57 Å². The molecular weight excluding hydrogens is 108 g/mol. The molecule has 1 rings (SSSR count). The van der Waals surface area contributed by atoms with Crippen LogP contribution in [-0.4, -0.2) is 17.3 Å². The minimum atomic E-state index is -2.78. The molecule has 0 aliphatic carbocycles. The van der Waals surface area contributed by atoms with Crippen molar-refractivity contribution in [2.24, 2.45) is 0 Å². The van der Waals surface area contributed by atoms with E-state index in [0.717, 1.165) is 0 Å². The summed E-state index contributed by atoms with van der Waals surface area (Å²) in [4.78, 5) is 0. The molecule has 5 heavy (non-hydrogen) atoms. The first-order chi connectivity index (χ1) is 2.21. The normalized spacial score (nSPS) is 34.4. The summed E-state index contributed by atoms with van der Waals surface area (Å²) in [6, 6.07) is 0. The maximum Gasteiger partial charge on any atom is 0.351 e. The van der Waals surface area contributed by atoms with Crippen molar-refractivity contribution in [3.05, 3.63) is 0 Å². The second-order valence-corrected chi connectivity index (χ2v) is 5.92. The van der Waals surface area contributed by atoms with Crippen molar-refractivity contribution in [1.29, 1.82) is 0 Å². The highest BCUT2D eigenvalue weighted by Gasteiger charge is 2.28. The van der Waals surface area contributed by atoms with Crippen molar-refractivity contribution < 1.29 is 12.3 Å². The van der Waals surface area contributed by atoms with Crippen LogP contribution in [0.15, 0.2) is 0 Å². The van der Waals surface area contributed by atoms with Gasteiger partial charge < -0.3 is 3.87 Å². The van der Waals surface area contributed by atoms with Crippen molar-refractivity contribution in [3.8, 4) is 0 Å². The van der Waals surface area contributed by atoms with E-state index in [1.165, 1.54) is 0 Å². The van der Waals surface area contributed by atoms with Crippen LogP contribution in [0.5, 0.6) is 0 Å². The Hall–Kier alpha value is 0.127. The molecule has 0 unspecified atom stereocenters. The van der Waals surface area contributed by atoms with Gasteiger partial charge >= 0.3 is 8.91 Å². The van der Waals surface area contributed by atoms with Crippen LogP contribution in [0.3, 0.4) is 0 Å². The third kappa shape index (κ3) is 0.710. The lowest BCUT2D eigenvalue weighted by atomic mass is 15.8. The van der Waals surface area contributed by atoms with Gasteiger partial charge in [-0.2, -0.15) is 0 Å². The highest BCUT2D eigenvalue weighted by molar-refractivity contribution is 8.20. The highest BCUT2D eigenvalue weighted by Crippen LogP contribution is 2.03. The Morgan fingerprint density at radius 2 is 1.80 bits per heavy atom. The van der Waals surface area contributed by atoms with Crippen LogP contribution >= 0.6 is 0 Å². The van der Waals surface area contributed by atoms with Gasteiger partial charge in [0, 0.05) is 0 Å². The first-order valence-electron chi connectivity index (χ1n) is 1.08. The average molecular weight is 110 g/mol. The van der Waals surface area contributed by atoms with E-state index in [0.29, 0.717) is 0 Å². The predicted molar refractivity (Wildman–Crippen MR) is 18.5 cm³/mol. The van der Waals surface area contributed by atoms with Gasteiger partial charge in [-0.3, -0.25) is 0 Å². The Balaban J connectivity index is 3.15. The zero-order valence-corrected chi connectivity index (χ0v) is 4.57. The molecule has 0 aromatic carbocycles. The molecule has 0 saturated carbocycles. The molecule has 30 valence electrons. The van der Waals surface area contributed by atoms with Gasteiger partial charge in [-0.15, -0.1) is 0 Å². The summed E-state index contributed by atoms with van der Waals surface area (Å²) >= 11 is 0. The maximum absolute atomic E-state index is 9.58. The molecule has 0 atom stereocenters. The summed E-state index contributed by atoms with van der Waals surface area (Å²) in [5.41, 5.74) is 0. The summed E-state index contributed by atoms with van der Waals surface area (Å²) in [5, 5.41) is 0. The lowest BCUT2D eigenvalue weighted by Gasteiger charge is -1.45. The average Bonchev–Trinajstić information content (AvgIpc) is 1.76. The quantitative estimate of drug-likeness (QED) is 0.277. The molecule has 0 amide bonds. The molecule has 1 heterocycles. The third-order valence-electron chi connectivity index (χ3n) is 0.310. The lowest BCUT2D eigenvalue weighted by molar-refractivity contribution is 0.564. The number of hydrogen-bond donors (Lipinski definition) is 0. The second-order valence-electron chi connectivity index (χ2n) is 0.793. The molecule has 0 aromatic rings. The largest absolute Gasteiger partial charge is 0.351 e. The molecule has 3 nitrogen and oxygen atoms in total. The molecule has 0 spiro atoms. The van der Waals surface area contributed by atoms with Crippen LogP contribution in [-0.2, 0) is 13.4 Å². The first-order valence-corrected chi connectivity index (χ1v) is 4.96. The second kappa shape index (κ2) is 0.611. The van der Waals surface area contributed by atoms with Crippen molar-refractivity contribution in [2.45, 2.75) is 0 Å². The predicted octanol–water partition coefficient (Wildman–Crippen LogP) is -1.65. The maximum atomic E-state index is 9.58. The fourth-order valence-electron chi connectivity index (χ4n) is 0.0393. The van der Waals surface area contributed by atoms with Gasteiger partial charge in [0.1, 0.15) is 0 Å². The molecule has 0 radical (unpaired) electrons. The molecule has 0 N–H and O–H groups in total. The van der Waals surface area contributed by atoms with E-state index in [-0.39, 0.29) is 0 Å². The van der Waals surface area contributed by atoms with Crippen LogP contribution in [0, 0.1) is 0 Å². The van der Waals surface area contributed by atoms with Gasteiger partial charge in [-0.1, -0.05) is 0 Å². The summed E-state index contributed by atoms with van der Waals surface area (Å²) in [6.07, 6.45) is 0. The monoisotopic (exact) mass is 110 g/mol. The molecule has 1 aliphatic rings. The first kappa shape index (κ1) is 3.32. The third-order valence-corrected chi connectivity index (χ3v) is 2.79. The lowest BCUT2D eigenvalue weighted by Crippen LogP contribution is -1.63. The fourth-order valence-corrected chi connectivity index (χ4v) is 1.06. The summed E-state index contributed by atoms with van der Waals surface area (Å²) in [6.45, 7) is 0. The Morgan fingerprint density at radius 3 is 1.80 bits per heavy atom. The Labute approximate surface area is 31.7 Å². The number of rotatable bonds is 0. The van der Waals surface area contributed by atoms with Crippen LogP contribution < -0.4 is 0 Å². The van der Waals surface area contributed by atoms with E-state index < -0.39 is 18.5 Å². The highest BCUT2D eigenvalue weighted by atomic mass is 32.5. The molecular formula is H2O3SSi. The van der Waals surface area contributed by atoms with E-state index in [4.69, 9.17) is 0 Å². The van der Waals surface area contributed by atoms with Crippen LogP contribution in [0.25, 0.3) is 0 Å². The molecule has 1 fully saturated rings. The molecule has 0 aromatic heterocycles. The Morgan fingerprint density at radius 1 is 1.60 bits per heavy atom. The Kier molecular flexibility index (Phi) is 0.406. The van der Waals surface area contributed by atoms with Crippen LogP contribution in [0.1, 0.15) is 0 Å². The van der Waals surface area contributed by atoms with Crippen molar-refractivity contribution in [2.75, 3.05) is 0 Å². The van der Waals surface area contributed by atoms with Gasteiger partial charge in [-0.25, -0.2) is 8.42 Å². The van der Waals surface area contributed by atoms with Gasteiger partial charge in [-0.05, 0) is 0 Å². The summed E-state index contributed by atoms with van der Waals surface area (Å²) < 4.78 is 23.2. The standard InChI is InChI=1S/H2O3SSi/c1-4(2)3-5-4/h5H2. The van der Waals surface area contributed by atoms with E-state index in [9.17, 15) is 8.42 Å². The van der Waals surface area contributed by atoms with Crippen molar-refractivity contribution in [3.63, 3.8) is 0 Å². The Bertz CT molecular complexity index is 110. The topological polar surface area (TPSA) is 46.7 Å². The SMILES string of the molecule is O=S1(=O)O[SiH2]1. The fraction of sp³-hybridized carbons (Fsp3) is 0. The molecule has 5 heteroatoms. The van der Waals surface area contributed by atoms with Gasteiger partial charge in [0.15, 0.2) is 0 Å². The molecule has 1 saturated heterocycles. The van der Waals surface area contributed by atoms with Gasteiger partial charge in [0.25, 0.3) is 0 Å². The van der Waals surface area contributed by atoms with E-state index in [1.54, 1.807) is 0 Å². The number of hydrogen-bond acceptors (Lipinski definition) is 3.